The number of carbonyl (C=O) groups is 1. The van der Waals surface area contributed by atoms with E-state index in [1.165, 1.54) is 0 Å². The summed E-state index contributed by atoms with van der Waals surface area (Å²) in [6, 6.07) is 0.201. The Morgan fingerprint density at radius 1 is 1.24 bits per heavy atom. The molecule has 9 heteroatoms. The predicted octanol–water partition coefficient (Wildman–Crippen LogP) is -0.125. The summed E-state index contributed by atoms with van der Waals surface area (Å²) in [6.07, 6.45) is -0.0534. The minimum atomic E-state index is -0.176. The Morgan fingerprint density at radius 3 is 2.57 bits per heavy atom. The lowest BCUT2D eigenvalue weighted by Gasteiger charge is -2.11. The molecule has 118 valence electrons. The highest BCUT2D eigenvalue weighted by atomic mass is 16.5. The number of ether oxygens (including phenoxy) is 2. The average Bonchev–Trinajstić information content (AvgIpc) is 2.44. The minimum Gasteiger partial charge on any atom is -0.461 e. The van der Waals surface area contributed by atoms with Gasteiger partial charge >= 0.3 is 6.01 Å². The highest BCUT2D eigenvalue weighted by molar-refractivity contribution is 5.80. The lowest BCUT2D eigenvalue weighted by atomic mass is 10.5. The molecule has 21 heavy (non-hydrogen) atoms. The summed E-state index contributed by atoms with van der Waals surface area (Å²) >= 11 is 0. The molecular weight excluding hydrogens is 276 g/mol. The molecule has 0 aliphatic heterocycles. The number of methoxy groups -OCH3 is 1. The van der Waals surface area contributed by atoms with Crippen LogP contribution in [0.2, 0.25) is 0 Å². The maximum absolute atomic E-state index is 11.6. The molecule has 1 rings (SSSR count). The third kappa shape index (κ3) is 6.70. The second kappa shape index (κ2) is 8.90. The summed E-state index contributed by atoms with van der Waals surface area (Å²) < 4.78 is 10.3. The van der Waals surface area contributed by atoms with Crippen molar-refractivity contribution in [2.75, 3.05) is 44.5 Å². The fourth-order valence-corrected chi connectivity index (χ4v) is 1.33. The molecule has 0 bridgehead atoms. The molecule has 1 amide bonds. The predicted molar refractivity (Wildman–Crippen MR) is 78.5 cm³/mol. The Hall–Kier alpha value is -2.16. The maximum Gasteiger partial charge on any atom is 0.323 e. The Kier molecular flexibility index (Phi) is 7.16. The van der Waals surface area contributed by atoms with Crippen LogP contribution in [0.15, 0.2) is 0 Å². The van der Waals surface area contributed by atoms with Crippen molar-refractivity contribution in [2.24, 2.45) is 0 Å². The Morgan fingerprint density at radius 2 is 1.95 bits per heavy atom. The van der Waals surface area contributed by atoms with Gasteiger partial charge in [0.25, 0.3) is 0 Å². The number of hydrogen-bond acceptors (Lipinski definition) is 8. The van der Waals surface area contributed by atoms with Gasteiger partial charge < -0.3 is 25.4 Å². The van der Waals surface area contributed by atoms with Crippen LogP contribution in [-0.2, 0) is 9.53 Å². The first-order valence-corrected chi connectivity index (χ1v) is 6.65. The quantitative estimate of drug-likeness (QED) is 0.541. The fourth-order valence-electron chi connectivity index (χ4n) is 1.33. The van der Waals surface area contributed by atoms with E-state index in [2.05, 4.69) is 30.9 Å². The lowest BCUT2D eigenvalue weighted by molar-refractivity contribution is -0.119. The van der Waals surface area contributed by atoms with Crippen LogP contribution < -0.4 is 20.7 Å². The number of nitrogens with one attached hydrogen (secondary N) is 3. The topological polar surface area (TPSA) is 110 Å². The van der Waals surface area contributed by atoms with Crippen LogP contribution in [-0.4, -0.2) is 60.8 Å². The van der Waals surface area contributed by atoms with Crippen molar-refractivity contribution in [3.63, 3.8) is 0 Å². The standard InChI is InChI=1S/C12H22N6O3/c1-8(2)21-12-17-10(13-3)16-11(18-12)15-7-9(19)14-5-6-20-4/h8H,5-7H2,1-4H3,(H,14,19)(H2,13,15,16,17,18). The van der Waals surface area contributed by atoms with E-state index in [0.717, 1.165) is 0 Å². The van der Waals surface area contributed by atoms with Crippen LogP contribution >= 0.6 is 0 Å². The van der Waals surface area contributed by atoms with E-state index in [1.807, 2.05) is 13.8 Å². The van der Waals surface area contributed by atoms with Gasteiger partial charge in [0, 0.05) is 20.7 Å². The Bertz CT molecular complexity index is 455. The molecule has 0 aromatic carbocycles. The summed E-state index contributed by atoms with van der Waals surface area (Å²) in [6.45, 7) is 4.72. The van der Waals surface area contributed by atoms with Crippen LogP contribution in [0.1, 0.15) is 13.8 Å². The van der Waals surface area contributed by atoms with Gasteiger partial charge in [-0.1, -0.05) is 0 Å². The van der Waals surface area contributed by atoms with Crippen molar-refractivity contribution in [1.29, 1.82) is 0 Å². The maximum atomic E-state index is 11.6. The summed E-state index contributed by atoms with van der Waals surface area (Å²) in [5.41, 5.74) is 0. The zero-order valence-corrected chi connectivity index (χ0v) is 12.8. The van der Waals surface area contributed by atoms with Crippen molar-refractivity contribution in [3.8, 4) is 6.01 Å². The number of anilines is 2. The third-order valence-corrected chi connectivity index (χ3v) is 2.22. The highest BCUT2D eigenvalue weighted by Crippen LogP contribution is 2.11. The highest BCUT2D eigenvalue weighted by Gasteiger charge is 2.09. The van der Waals surface area contributed by atoms with E-state index >= 15 is 0 Å². The normalized spacial score (nSPS) is 10.3. The number of nitrogens with zero attached hydrogens (tertiary/aromatic N) is 3. The van der Waals surface area contributed by atoms with Crippen LogP contribution in [0.4, 0.5) is 11.9 Å². The van der Waals surface area contributed by atoms with Gasteiger partial charge in [-0.3, -0.25) is 4.79 Å². The van der Waals surface area contributed by atoms with E-state index < -0.39 is 0 Å². The van der Waals surface area contributed by atoms with Gasteiger partial charge in [-0.15, -0.1) is 0 Å². The molecule has 0 fully saturated rings. The molecule has 0 unspecified atom stereocenters. The second-order valence-electron chi connectivity index (χ2n) is 4.38. The molecule has 0 saturated carbocycles. The van der Waals surface area contributed by atoms with E-state index in [0.29, 0.717) is 19.1 Å². The van der Waals surface area contributed by atoms with Gasteiger partial charge in [-0.2, -0.15) is 15.0 Å². The summed E-state index contributed by atoms with van der Waals surface area (Å²) in [7, 11) is 3.26. The SMILES string of the molecule is CNc1nc(NCC(=O)NCCOC)nc(OC(C)C)n1. The smallest absolute Gasteiger partial charge is 0.323 e. The van der Waals surface area contributed by atoms with E-state index in [1.54, 1.807) is 14.2 Å². The van der Waals surface area contributed by atoms with Crippen LogP contribution in [0.25, 0.3) is 0 Å². The number of rotatable bonds is 9. The first-order chi connectivity index (χ1) is 10.0. The van der Waals surface area contributed by atoms with Gasteiger partial charge in [0.2, 0.25) is 17.8 Å². The first kappa shape index (κ1) is 16.9. The third-order valence-electron chi connectivity index (χ3n) is 2.22. The molecule has 0 aliphatic carbocycles. The molecule has 0 spiro atoms. The molecule has 0 atom stereocenters. The van der Waals surface area contributed by atoms with Gasteiger partial charge in [0.05, 0.1) is 19.3 Å². The number of aromatic nitrogens is 3. The first-order valence-electron chi connectivity index (χ1n) is 6.65. The zero-order chi connectivity index (χ0) is 15.7. The van der Waals surface area contributed by atoms with Crippen LogP contribution in [0.3, 0.4) is 0 Å². The lowest BCUT2D eigenvalue weighted by Crippen LogP contribution is -2.32. The summed E-state index contributed by atoms with van der Waals surface area (Å²) in [5, 5.41) is 8.32. The largest absolute Gasteiger partial charge is 0.461 e. The molecule has 3 N–H and O–H groups in total. The zero-order valence-electron chi connectivity index (χ0n) is 12.8. The van der Waals surface area contributed by atoms with Crippen molar-refractivity contribution in [3.05, 3.63) is 0 Å². The molecule has 1 aromatic heterocycles. The van der Waals surface area contributed by atoms with E-state index in [4.69, 9.17) is 9.47 Å². The molecule has 0 aliphatic rings. The van der Waals surface area contributed by atoms with Crippen LogP contribution in [0, 0.1) is 0 Å². The molecule has 0 saturated heterocycles. The minimum absolute atomic E-state index is 0.0534. The fraction of sp³-hybridized carbons (Fsp3) is 0.667. The monoisotopic (exact) mass is 298 g/mol. The number of amides is 1. The van der Waals surface area contributed by atoms with Gasteiger partial charge in [-0.25, -0.2) is 0 Å². The summed E-state index contributed by atoms with van der Waals surface area (Å²) in [5.74, 6) is 0.458. The van der Waals surface area contributed by atoms with Crippen molar-refractivity contribution in [1.82, 2.24) is 20.3 Å². The number of carbonyl (C=O) groups excluding carboxylic acids is 1. The van der Waals surface area contributed by atoms with Crippen molar-refractivity contribution >= 4 is 17.8 Å². The van der Waals surface area contributed by atoms with Crippen LogP contribution in [0.5, 0.6) is 6.01 Å². The Labute approximate surface area is 123 Å². The second-order valence-corrected chi connectivity index (χ2v) is 4.38. The summed E-state index contributed by atoms with van der Waals surface area (Å²) in [4.78, 5) is 23.8. The Balaban J connectivity index is 2.58. The van der Waals surface area contributed by atoms with Crippen molar-refractivity contribution in [2.45, 2.75) is 20.0 Å². The van der Waals surface area contributed by atoms with Crippen molar-refractivity contribution < 1.29 is 14.3 Å². The molecule has 9 nitrogen and oxygen atoms in total. The van der Waals surface area contributed by atoms with E-state index in [9.17, 15) is 4.79 Å². The van der Waals surface area contributed by atoms with Gasteiger partial charge in [-0.05, 0) is 13.8 Å². The molecule has 0 radical (unpaired) electrons. The molecular formula is C12H22N6O3. The number of hydrogen-bond donors (Lipinski definition) is 3. The molecule has 1 heterocycles. The van der Waals surface area contributed by atoms with Gasteiger partial charge in [0.1, 0.15) is 0 Å². The molecule has 1 aromatic rings. The van der Waals surface area contributed by atoms with E-state index in [-0.39, 0.29) is 30.5 Å². The van der Waals surface area contributed by atoms with Gasteiger partial charge in [0.15, 0.2) is 0 Å². The average molecular weight is 298 g/mol.